The number of aldehydes is 1. The molecule has 0 unspecified atom stereocenters. The van der Waals surface area contributed by atoms with Crippen LogP contribution in [0.2, 0.25) is 0 Å². The fraction of sp³-hybridized carbons (Fsp3) is 0.250. The van der Waals surface area contributed by atoms with E-state index in [9.17, 15) is 13.2 Å². The second kappa shape index (κ2) is 7.17. The second-order valence-electron chi connectivity index (χ2n) is 4.89. The molecule has 2 aromatic rings. The van der Waals surface area contributed by atoms with E-state index in [4.69, 9.17) is 0 Å². The molecule has 0 radical (unpaired) electrons. The van der Waals surface area contributed by atoms with E-state index in [1.807, 2.05) is 6.92 Å². The van der Waals surface area contributed by atoms with E-state index < -0.39 is 10.0 Å². The molecule has 0 atom stereocenters. The number of rotatable bonds is 7. The maximum Gasteiger partial charge on any atom is 0.265 e. The normalized spacial score (nSPS) is 11.1. The summed E-state index contributed by atoms with van der Waals surface area (Å²) in [5.41, 5.74) is 0.990. The minimum Gasteiger partial charge on any atom is -0.303 e. The molecule has 0 bridgehead atoms. The highest BCUT2D eigenvalue weighted by Gasteiger charge is 2.25. The number of sulfonamides is 1. The molecule has 0 saturated carbocycles. The van der Waals surface area contributed by atoms with Crippen molar-refractivity contribution in [2.75, 3.05) is 10.8 Å². The predicted molar refractivity (Wildman–Crippen MR) is 85.2 cm³/mol. The van der Waals surface area contributed by atoms with E-state index in [2.05, 4.69) is 4.98 Å². The number of carbonyl (C=O) groups is 1. The van der Waals surface area contributed by atoms with Crippen LogP contribution in [0.1, 0.15) is 18.4 Å². The molecule has 22 heavy (non-hydrogen) atoms. The molecule has 1 aromatic carbocycles. The third-order valence-electron chi connectivity index (χ3n) is 3.20. The first kappa shape index (κ1) is 16.2. The number of benzene rings is 1. The molecule has 116 valence electrons. The smallest absolute Gasteiger partial charge is 0.265 e. The fourth-order valence-electron chi connectivity index (χ4n) is 2.01. The molecule has 0 spiro atoms. The zero-order valence-corrected chi connectivity index (χ0v) is 13.2. The van der Waals surface area contributed by atoms with Gasteiger partial charge in [0.2, 0.25) is 0 Å². The Morgan fingerprint density at radius 3 is 2.45 bits per heavy atom. The van der Waals surface area contributed by atoms with Gasteiger partial charge in [0.05, 0.1) is 4.90 Å². The number of unbranched alkanes of at least 4 members (excludes halogenated alkanes) is 1. The molecule has 5 nitrogen and oxygen atoms in total. The van der Waals surface area contributed by atoms with Gasteiger partial charge in [0, 0.05) is 19.2 Å². The Bertz CT molecular complexity index is 713. The minimum atomic E-state index is -3.70. The Morgan fingerprint density at radius 1 is 1.14 bits per heavy atom. The van der Waals surface area contributed by atoms with Gasteiger partial charge in [-0.15, -0.1) is 0 Å². The van der Waals surface area contributed by atoms with Crippen LogP contribution < -0.4 is 4.31 Å². The summed E-state index contributed by atoms with van der Waals surface area (Å²) in [5, 5.41) is 0. The van der Waals surface area contributed by atoms with Crippen molar-refractivity contribution in [3.05, 3.63) is 54.2 Å². The summed E-state index contributed by atoms with van der Waals surface area (Å²) in [7, 11) is -3.70. The van der Waals surface area contributed by atoms with E-state index >= 15 is 0 Å². The lowest BCUT2D eigenvalue weighted by molar-refractivity contribution is -0.107. The SMILES string of the molecule is Cc1ccc(S(=O)(=O)N(CCCC=O)c2ccccn2)cc1. The predicted octanol–water partition coefficient (Wildman–Crippen LogP) is 2.56. The summed E-state index contributed by atoms with van der Waals surface area (Å²) < 4.78 is 26.9. The van der Waals surface area contributed by atoms with Crippen LogP contribution in [0.25, 0.3) is 0 Å². The van der Waals surface area contributed by atoms with Crippen molar-refractivity contribution in [1.82, 2.24) is 4.98 Å². The van der Waals surface area contributed by atoms with Crippen LogP contribution in [0, 0.1) is 6.92 Å². The first-order valence-corrected chi connectivity index (χ1v) is 8.44. The molecule has 0 N–H and O–H groups in total. The number of pyridine rings is 1. The topological polar surface area (TPSA) is 67.3 Å². The molecule has 0 aliphatic rings. The number of aromatic nitrogens is 1. The molecule has 1 heterocycles. The summed E-state index contributed by atoms with van der Waals surface area (Å²) in [6.45, 7) is 2.11. The molecule has 0 saturated heterocycles. The minimum absolute atomic E-state index is 0.214. The highest BCUT2D eigenvalue weighted by Crippen LogP contribution is 2.22. The first-order valence-electron chi connectivity index (χ1n) is 7.00. The first-order chi connectivity index (χ1) is 10.6. The molecule has 1 aromatic heterocycles. The highest BCUT2D eigenvalue weighted by molar-refractivity contribution is 7.92. The maximum absolute atomic E-state index is 12.8. The molecule has 0 aliphatic carbocycles. The maximum atomic E-state index is 12.8. The van der Waals surface area contributed by atoms with Crippen LogP contribution in [-0.4, -0.2) is 26.2 Å². The lowest BCUT2D eigenvalue weighted by atomic mass is 10.2. The van der Waals surface area contributed by atoms with Crippen LogP contribution in [0.5, 0.6) is 0 Å². The molecule has 6 heteroatoms. The monoisotopic (exact) mass is 318 g/mol. The zero-order valence-electron chi connectivity index (χ0n) is 12.3. The Balaban J connectivity index is 2.38. The second-order valence-corrected chi connectivity index (χ2v) is 6.75. The van der Waals surface area contributed by atoms with Gasteiger partial charge >= 0.3 is 0 Å². The molecular formula is C16H18N2O3S. The van der Waals surface area contributed by atoms with Crippen LogP contribution in [-0.2, 0) is 14.8 Å². The summed E-state index contributed by atoms with van der Waals surface area (Å²) in [6.07, 6.45) is 3.10. The fourth-order valence-corrected chi connectivity index (χ4v) is 3.47. The molecule has 0 amide bonds. The van der Waals surface area contributed by atoms with Gasteiger partial charge in [0.25, 0.3) is 10.0 Å². The van der Waals surface area contributed by atoms with Crippen molar-refractivity contribution in [2.24, 2.45) is 0 Å². The summed E-state index contributed by atoms with van der Waals surface area (Å²) in [5.74, 6) is 0.356. The standard InChI is InChI=1S/C16H18N2O3S/c1-14-7-9-15(10-8-14)22(20,21)18(12-4-5-13-19)16-6-2-3-11-17-16/h2-3,6-11,13H,4-5,12H2,1H3. The van der Waals surface area contributed by atoms with Gasteiger partial charge in [-0.1, -0.05) is 23.8 Å². The summed E-state index contributed by atoms with van der Waals surface area (Å²) in [6, 6.07) is 11.8. The molecule has 2 rings (SSSR count). The number of hydrogen-bond donors (Lipinski definition) is 0. The lowest BCUT2D eigenvalue weighted by Gasteiger charge is -2.23. The Hall–Kier alpha value is -2.21. The van der Waals surface area contributed by atoms with Gasteiger partial charge < -0.3 is 4.79 Å². The summed E-state index contributed by atoms with van der Waals surface area (Å²) in [4.78, 5) is 14.8. The van der Waals surface area contributed by atoms with Gasteiger partial charge in [-0.3, -0.25) is 0 Å². The van der Waals surface area contributed by atoms with Crippen LogP contribution in [0.15, 0.2) is 53.6 Å². The Morgan fingerprint density at radius 2 is 1.86 bits per heavy atom. The van der Waals surface area contributed by atoms with Gasteiger partial charge in [-0.2, -0.15) is 0 Å². The molecular weight excluding hydrogens is 300 g/mol. The number of anilines is 1. The molecule has 0 fully saturated rings. The summed E-state index contributed by atoms with van der Waals surface area (Å²) >= 11 is 0. The number of nitrogens with zero attached hydrogens (tertiary/aromatic N) is 2. The van der Waals surface area contributed by atoms with E-state index in [0.29, 0.717) is 18.7 Å². The molecule has 0 aliphatic heterocycles. The number of hydrogen-bond acceptors (Lipinski definition) is 4. The van der Waals surface area contributed by atoms with Crippen LogP contribution in [0.4, 0.5) is 5.82 Å². The van der Waals surface area contributed by atoms with Crippen molar-refractivity contribution in [2.45, 2.75) is 24.7 Å². The zero-order chi connectivity index (χ0) is 16.0. The van der Waals surface area contributed by atoms with Crippen molar-refractivity contribution in [3.8, 4) is 0 Å². The van der Waals surface area contributed by atoms with Gasteiger partial charge in [-0.25, -0.2) is 17.7 Å². The van der Waals surface area contributed by atoms with E-state index in [-0.39, 0.29) is 11.4 Å². The van der Waals surface area contributed by atoms with E-state index in [0.717, 1.165) is 11.8 Å². The van der Waals surface area contributed by atoms with Crippen molar-refractivity contribution < 1.29 is 13.2 Å². The van der Waals surface area contributed by atoms with Crippen molar-refractivity contribution in [1.29, 1.82) is 0 Å². The van der Waals surface area contributed by atoms with E-state index in [1.165, 1.54) is 4.31 Å². The average Bonchev–Trinajstić information content (AvgIpc) is 2.52. The van der Waals surface area contributed by atoms with Gasteiger partial charge in [0.15, 0.2) is 0 Å². The highest BCUT2D eigenvalue weighted by atomic mass is 32.2. The van der Waals surface area contributed by atoms with Crippen LogP contribution in [0.3, 0.4) is 0 Å². The van der Waals surface area contributed by atoms with E-state index in [1.54, 1.807) is 48.7 Å². The Kier molecular flexibility index (Phi) is 5.27. The number of aryl methyl sites for hydroxylation is 1. The average molecular weight is 318 g/mol. The van der Waals surface area contributed by atoms with Crippen LogP contribution >= 0.6 is 0 Å². The van der Waals surface area contributed by atoms with Crippen molar-refractivity contribution >= 4 is 22.1 Å². The Labute approximate surface area is 130 Å². The van der Waals surface area contributed by atoms with Crippen molar-refractivity contribution in [3.63, 3.8) is 0 Å². The quantitative estimate of drug-likeness (QED) is 0.581. The van der Waals surface area contributed by atoms with Gasteiger partial charge in [0.1, 0.15) is 12.1 Å². The van der Waals surface area contributed by atoms with Gasteiger partial charge in [-0.05, 0) is 37.6 Å². The third-order valence-corrected chi connectivity index (χ3v) is 5.01. The lowest BCUT2D eigenvalue weighted by Crippen LogP contribution is -2.32. The largest absolute Gasteiger partial charge is 0.303 e. The third kappa shape index (κ3) is 3.71. The number of carbonyl (C=O) groups excluding carboxylic acids is 1.